The van der Waals surface area contributed by atoms with Gasteiger partial charge in [-0.25, -0.2) is 0 Å². The smallest absolute Gasteiger partial charge is 0.481 e. The SMILES string of the molecule is O=C(O)Cc1ccc2cccc(OC(F)(F)F)c2c1. The summed E-state index contributed by atoms with van der Waals surface area (Å²) in [5.74, 6) is -1.38. The zero-order valence-electron chi connectivity index (χ0n) is 9.57. The van der Waals surface area contributed by atoms with Gasteiger partial charge < -0.3 is 9.84 Å². The summed E-state index contributed by atoms with van der Waals surface area (Å²) in [6.45, 7) is 0. The number of rotatable bonds is 3. The molecule has 0 aliphatic rings. The Balaban J connectivity index is 2.48. The molecule has 0 radical (unpaired) electrons. The van der Waals surface area contributed by atoms with Crippen molar-refractivity contribution in [1.29, 1.82) is 0 Å². The van der Waals surface area contributed by atoms with Crippen molar-refractivity contribution in [3.63, 3.8) is 0 Å². The highest BCUT2D eigenvalue weighted by molar-refractivity contribution is 5.89. The zero-order valence-corrected chi connectivity index (χ0v) is 9.57. The van der Waals surface area contributed by atoms with Gasteiger partial charge in [0.25, 0.3) is 0 Å². The lowest BCUT2D eigenvalue weighted by molar-refractivity contribution is -0.274. The number of carbonyl (C=O) groups is 1. The number of carboxylic acids is 1. The number of ether oxygens (including phenoxy) is 1. The van der Waals surface area contributed by atoms with E-state index in [-0.39, 0.29) is 17.6 Å². The standard InChI is InChI=1S/C13H9F3O3/c14-13(15,16)19-11-3-1-2-9-5-4-8(6-10(9)11)7-12(17)18/h1-6H,7H2,(H,17,18). The predicted octanol–water partition coefficient (Wildman–Crippen LogP) is 3.37. The lowest BCUT2D eigenvalue weighted by Gasteiger charge is -2.12. The maximum Gasteiger partial charge on any atom is 0.573 e. The summed E-state index contributed by atoms with van der Waals surface area (Å²) < 4.78 is 40.7. The first-order valence-corrected chi connectivity index (χ1v) is 5.34. The van der Waals surface area contributed by atoms with Crippen LogP contribution in [0.3, 0.4) is 0 Å². The number of alkyl halides is 3. The molecule has 2 rings (SSSR count). The van der Waals surface area contributed by atoms with E-state index in [1.165, 1.54) is 18.2 Å². The highest BCUT2D eigenvalue weighted by Crippen LogP contribution is 2.31. The molecule has 0 bridgehead atoms. The Morgan fingerprint density at radius 1 is 1.21 bits per heavy atom. The third kappa shape index (κ3) is 3.37. The van der Waals surface area contributed by atoms with Crippen LogP contribution in [0.15, 0.2) is 36.4 Å². The molecule has 1 N–H and O–H groups in total. The fourth-order valence-corrected chi connectivity index (χ4v) is 1.79. The molecule has 0 aliphatic heterocycles. The van der Waals surface area contributed by atoms with Crippen molar-refractivity contribution in [3.05, 3.63) is 42.0 Å². The molecule has 2 aromatic rings. The molecule has 100 valence electrons. The lowest BCUT2D eigenvalue weighted by Crippen LogP contribution is -2.17. The molecular weight excluding hydrogens is 261 g/mol. The van der Waals surface area contributed by atoms with Gasteiger partial charge in [0.15, 0.2) is 0 Å². The number of carboxylic acid groups (broad SMARTS) is 1. The lowest BCUT2D eigenvalue weighted by atomic mass is 10.0. The molecule has 0 heterocycles. The van der Waals surface area contributed by atoms with Gasteiger partial charge in [-0.15, -0.1) is 13.2 Å². The molecular formula is C13H9F3O3. The van der Waals surface area contributed by atoms with Crippen LogP contribution in [0.4, 0.5) is 13.2 Å². The van der Waals surface area contributed by atoms with Crippen LogP contribution in [0.5, 0.6) is 5.75 Å². The van der Waals surface area contributed by atoms with Crippen LogP contribution in [-0.2, 0) is 11.2 Å². The average Bonchev–Trinajstić information content (AvgIpc) is 2.27. The van der Waals surface area contributed by atoms with E-state index in [0.29, 0.717) is 10.9 Å². The number of aliphatic carboxylic acids is 1. The summed E-state index contributed by atoms with van der Waals surface area (Å²) in [7, 11) is 0. The third-order valence-electron chi connectivity index (χ3n) is 2.49. The second kappa shape index (κ2) is 4.79. The largest absolute Gasteiger partial charge is 0.573 e. The third-order valence-corrected chi connectivity index (χ3v) is 2.49. The Kier molecular flexibility index (Phi) is 3.33. The molecule has 0 unspecified atom stereocenters. The van der Waals surface area contributed by atoms with Crippen molar-refractivity contribution < 1.29 is 27.8 Å². The highest BCUT2D eigenvalue weighted by atomic mass is 19.4. The van der Waals surface area contributed by atoms with Crippen LogP contribution in [-0.4, -0.2) is 17.4 Å². The van der Waals surface area contributed by atoms with Gasteiger partial charge in [0.1, 0.15) is 5.75 Å². The fraction of sp³-hybridized carbons (Fsp3) is 0.154. The van der Waals surface area contributed by atoms with Crippen LogP contribution >= 0.6 is 0 Å². The minimum Gasteiger partial charge on any atom is -0.481 e. The maximum absolute atomic E-state index is 12.3. The molecule has 0 fully saturated rings. The predicted molar refractivity (Wildman–Crippen MR) is 62.0 cm³/mol. The summed E-state index contributed by atoms with van der Waals surface area (Å²) in [6, 6.07) is 8.79. The van der Waals surface area contributed by atoms with Crippen molar-refractivity contribution in [3.8, 4) is 5.75 Å². The monoisotopic (exact) mass is 270 g/mol. The molecule has 0 atom stereocenters. The summed E-state index contributed by atoms with van der Waals surface area (Å²) in [5.41, 5.74) is 0.415. The Labute approximate surface area is 106 Å². The first kappa shape index (κ1) is 13.2. The molecule has 0 aromatic heterocycles. The number of hydrogen-bond donors (Lipinski definition) is 1. The number of hydrogen-bond acceptors (Lipinski definition) is 2. The topological polar surface area (TPSA) is 46.5 Å². The summed E-state index contributed by atoms with van der Waals surface area (Å²) >= 11 is 0. The van der Waals surface area contributed by atoms with E-state index >= 15 is 0 Å². The molecule has 0 saturated carbocycles. The van der Waals surface area contributed by atoms with E-state index < -0.39 is 12.3 Å². The van der Waals surface area contributed by atoms with E-state index in [1.807, 2.05) is 0 Å². The second-order valence-corrected chi connectivity index (χ2v) is 3.93. The Morgan fingerprint density at radius 2 is 1.95 bits per heavy atom. The molecule has 6 heteroatoms. The maximum atomic E-state index is 12.3. The minimum absolute atomic E-state index is 0.235. The van der Waals surface area contributed by atoms with Crippen LogP contribution in [0.25, 0.3) is 10.8 Å². The second-order valence-electron chi connectivity index (χ2n) is 3.93. The molecule has 2 aromatic carbocycles. The van der Waals surface area contributed by atoms with E-state index in [4.69, 9.17) is 5.11 Å². The van der Waals surface area contributed by atoms with Gasteiger partial charge in [0.2, 0.25) is 0 Å². The van der Waals surface area contributed by atoms with Gasteiger partial charge >= 0.3 is 12.3 Å². The van der Waals surface area contributed by atoms with E-state index in [0.717, 1.165) is 0 Å². The van der Waals surface area contributed by atoms with Crippen molar-refractivity contribution in [2.75, 3.05) is 0 Å². The van der Waals surface area contributed by atoms with Gasteiger partial charge in [-0.3, -0.25) is 4.79 Å². The molecule has 19 heavy (non-hydrogen) atoms. The van der Waals surface area contributed by atoms with E-state index in [9.17, 15) is 18.0 Å². The van der Waals surface area contributed by atoms with Crippen LogP contribution in [0.1, 0.15) is 5.56 Å². The Bertz CT molecular complexity index is 620. The Hall–Kier alpha value is -2.24. The average molecular weight is 270 g/mol. The Morgan fingerprint density at radius 3 is 2.58 bits per heavy atom. The number of fused-ring (bicyclic) bond motifs is 1. The van der Waals surface area contributed by atoms with Gasteiger partial charge in [0, 0.05) is 5.39 Å². The van der Waals surface area contributed by atoms with E-state index in [2.05, 4.69) is 4.74 Å². The zero-order chi connectivity index (χ0) is 14.0. The fourth-order valence-electron chi connectivity index (χ4n) is 1.79. The molecule has 0 saturated heterocycles. The summed E-state index contributed by atoms with van der Waals surface area (Å²) in [4.78, 5) is 10.6. The molecule has 0 aliphatic carbocycles. The van der Waals surface area contributed by atoms with Gasteiger partial charge in [-0.2, -0.15) is 0 Å². The van der Waals surface area contributed by atoms with Crippen LogP contribution < -0.4 is 4.74 Å². The summed E-state index contributed by atoms with van der Waals surface area (Å²) in [6.07, 6.45) is -5.03. The minimum atomic E-state index is -4.78. The van der Waals surface area contributed by atoms with Gasteiger partial charge in [-0.1, -0.05) is 24.3 Å². The molecule has 3 nitrogen and oxygen atoms in total. The van der Waals surface area contributed by atoms with Crippen molar-refractivity contribution in [2.45, 2.75) is 12.8 Å². The van der Waals surface area contributed by atoms with Crippen molar-refractivity contribution in [2.24, 2.45) is 0 Å². The highest BCUT2D eigenvalue weighted by Gasteiger charge is 2.31. The van der Waals surface area contributed by atoms with Crippen LogP contribution in [0, 0.1) is 0 Å². The van der Waals surface area contributed by atoms with Gasteiger partial charge in [0.05, 0.1) is 6.42 Å². The van der Waals surface area contributed by atoms with Crippen molar-refractivity contribution >= 4 is 16.7 Å². The van der Waals surface area contributed by atoms with E-state index in [1.54, 1.807) is 18.2 Å². The normalized spacial score (nSPS) is 11.5. The van der Waals surface area contributed by atoms with Crippen LogP contribution in [0.2, 0.25) is 0 Å². The number of benzene rings is 2. The van der Waals surface area contributed by atoms with Gasteiger partial charge in [-0.05, 0) is 23.1 Å². The number of halogens is 3. The molecule has 0 amide bonds. The quantitative estimate of drug-likeness (QED) is 0.930. The molecule has 0 spiro atoms. The van der Waals surface area contributed by atoms with Crippen molar-refractivity contribution in [1.82, 2.24) is 0 Å². The first-order chi connectivity index (χ1) is 8.85. The summed E-state index contributed by atoms with van der Waals surface area (Å²) in [5, 5.41) is 9.47. The first-order valence-electron chi connectivity index (χ1n) is 5.34.